The van der Waals surface area contributed by atoms with Gasteiger partial charge < -0.3 is 14.6 Å². The monoisotopic (exact) mass is 188 g/mol. The van der Waals surface area contributed by atoms with Crippen LogP contribution < -0.4 is 0 Å². The van der Waals surface area contributed by atoms with Crippen LogP contribution in [0, 0.1) is 0 Å². The Kier molecular flexibility index (Phi) is 4.94. The molecule has 0 bridgehead atoms. The fraction of sp³-hybridized carbons (Fsp3) is 0.286. The van der Waals surface area contributed by atoms with Crippen LogP contribution in [-0.2, 0) is 23.9 Å². The second-order valence-electron chi connectivity index (χ2n) is 1.89. The zero-order valence-electron chi connectivity index (χ0n) is 6.85. The minimum Gasteiger partial charge on any atom is -0.478 e. The van der Waals surface area contributed by atoms with Crippen molar-refractivity contribution in [3.05, 3.63) is 12.2 Å². The summed E-state index contributed by atoms with van der Waals surface area (Å²) in [4.78, 5) is 30.6. The highest BCUT2D eigenvalue weighted by molar-refractivity contribution is 5.90. The molecule has 0 radical (unpaired) electrons. The lowest BCUT2D eigenvalue weighted by molar-refractivity contribution is -0.162. The van der Waals surface area contributed by atoms with E-state index in [1.807, 2.05) is 0 Å². The molecule has 0 heterocycles. The highest BCUT2D eigenvalue weighted by Crippen LogP contribution is 1.84. The van der Waals surface area contributed by atoms with Gasteiger partial charge in [-0.15, -0.1) is 0 Å². The van der Waals surface area contributed by atoms with E-state index in [4.69, 9.17) is 5.11 Å². The van der Waals surface area contributed by atoms with Crippen molar-refractivity contribution in [2.45, 2.75) is 6.92 Å². The lowest BCUT2D eigenvalue weighted by atomic mass is 10.5. The summed E-state index contributed by atoms with van der Waals surface area (Å²) in [5, 5.41) is 8.10. The zero-order valence-corrected chi connectivity index (χ0v) is 6.85. The molecule has 0 aliphatic heterocycles. The predicted octanol–water partition coefficient (Wildman–Crippen LogP) is -0.309. The minimum absolute atomic E-state index is 0.516. The summed E-state index contributed by atoms with van der Waals surface area (Å²) in [5.41, 5.74) is 0. The second-order valence-corrected chi connectivity index (χ2v) is 1.89. The Morgan fingerprint density at radius 2 is 1.85 bits per heavy atom. The summed E-state index contributed by atoms with van der Waals surface area (Å²) < 4.78 is 8.53. The molecule has 0 fully saturated rings. The maximum absolute atomic E-state index is 10.6. The first-order chi connectivity index (χ1) is 6.02. The van der Waals surface area contributed by atoms with E-state index in [0.717, 1.165) is 6.92 Å². The van der Waals surface area contributed by atoms with Crippen LogP contribution in [0.25, 0.3) is 0 Å². The number of aliphatic carboxylic acids is 1. The molecule has 1 N–H and O–H groups in total. The van der Waals surface area contributed by atoms with Gasteiger partial charge in [-0.05, 0) is 0 Å². The van der Waals surface area contributed by atoms with Crippen molar-refractivity contribution in [2.75, 3.05) is 6.79 Å². The van der Waals surface area contributed by atoms with E-state index in [-0.39, 0.29) is 0 Å². The van der Waals surface area contributed by atoms with Crippen LogP contribution in [0.15, 0.2) is 12.2 Å². The third-order valence-corrected chi connectivity index (χ3v) is 0.825. The summed E-state index contributed by atoms with van der Waals surface area (Å²) in [6.07, 6.45) is 1.34. The van der Waals surface area contributed by atoms with Crippen molar-refractivity contribution in [2.24, 2.45) is 0 Å². The van der Waals surface area contributed by atoms with Crippen molar-refractivity contribution in [1.29, 1.82) is 0 Å². The lowest BCUT2D eigenvalue weighted by Crippen LogP contribution is -2.08. The standard InChI is InChI=1S/C7H8O6/c1-5(8)12-4-13-7(11)3-2-6(9)10/h2-3H,4H2,1H3,(H,9,10). The van der Waals surface area contributed by atoms with Crippen LogP contribution in [0.2, 0.25) is 0 Å². The third-order valence-electron chi connectivity index (χ3n) is 0.825. The fourth-order valence-electron chi connectivity index (χ4n) is 0.358. The summed E-state index contributed by atoms with van der Waals surface area (Å²) >= 11 is 0. The molecule has 0 aromatic carbocycles. The van der Waals surface area contributed by atoms with Gasteiger partial charge in [-0.3, -0.25) is 4.79 Å². The van der Waals surface area contributed by atoms with E-state index < -0.39 is 24.7 Å². The van der Waals surface area contributed by atoms with Crippen LogP contribution in [0.1, 0.15) is 6.92 Å². The van der Waals surface area contributed by atoms with Crippen LogP contribution in [0.3, 0.4) is 0 Å². The quantitative estimate of drug-likeness (QED) is 0.369. The van der Waals surface area contributed by atoms with Crippen molar-refractivity contribution in [1.82, 2.24) is 0 Å². The molecule has 0 amide bonds. The number of rotatable bonds is 4. The molecule has 0 unspecified atom stereocenters. The molecular weight excluding hydrogens is 180 g/mol. The highest BCUT2D eigenvalue weighted by atomic mass is 16.7. The Morgan fingerprint density at radius 3 is 2.31 bits per heavy atom. The predicted molar refractivity (Wildman–Crippen MR) is 39.5 cm³/mol. The van der Waals surface area contributed by atoms with E-state index in [9.17, 15) is 14.4 Å². The molecule has 0 aliphatic carbocycles. The molecule has 0 rings (SSSR count). The number of carboxylic acids is 1. The lowest BCUT2D eigenvalue weighted by Gasteiger charge is -2.00. The summed E-state index contributed by atoms with van der Waals surface area (Å²) in [6.45, 7) is 0.638. The van der Waals surface area contributed by atoms with Gasteiger partial charge in [0.25, 0.3) is 0 Å². The van der Waals surface area contributed by atoms with Crippen LogP contribution >= 0.6 is 0 Å². The topological polar surface area (TPSA) is 89.9 Å². The van der Waals surface area contributed by atoms with Crippen molar-refractivity contribution >= 4 is 17.9 Å². The Bertz CT molecular complexity index is 241. The number of hydrogen-bond acceptors (Lipinski definition) is 5. The average molecular weight is 188 g/mol. The first-order valence-electron chi connectivity index (χ1n) is 3.23. The molecule has 0 aliphatic rings. The van der Waals surface area contributed by atoms with Gasteiger partial charge in [-0.1, -0.05) is 0 Å². The number of hydrogen-bond donors (Lipinski definition) is 1. The summed E-state index contributed by atoms with van der Waals surface area (Å²) in [5.74, 6) is -2.73. The smallest absolute Gasteiger partial charge is 0.333 e. The first-order valence-corrected chi connectivity index (χ1v) is 3.23. The Hall–Kier alpha value is -1.85. The van der Waals surface area contributed by atoms with Gasteiger partial charge in [-0.25, -0.2) is 9.59 Å². The largest absolute Gasteiger partial charge is 0.478 e. The molecule has 6 nitrogen and oxygen atoms in total. The van der Waals surface area contributed by atoms with E-state index in [1.165, 1.54) is 0 Å². The molecule has 13 heavy (non-hydrogen) atoms. The average Bonchev–Trinajstić information content (AvgIpc) is 2.00. The van der Waals surface area contributed by atoms with E-state index in [1.54, 1.807) is 0 Å². The van der Waals surface area contributed by atoms with Crippen molar-refractivity contribution in [3.8, 4) is 0 Å². The summed E-state index contributed by atoms with van der Waals surface area (Å²) in [6, 6.07) is 0. The molecule has 0 aromatic rings. The van der Waals surface area contributed by atoms with Crippen LogP contribution in [0.5, 0.6) is 0 Å². The number of carbonyl (C=O) groups excluding carboxylic acids is 2. The number of carboxylic acid groups (broad SMARTS) is 1. The number of esters is 2. The molecule has 72 valence electrons. The van der Waals surface area contributed by atoms with Crippen molar-refractivity contribution < 1.29 is 29.0 Å². The van der Waals surface area contributed by atoms with E-state index in [2.05, 4.69) is 9.47 Å². The van der Waals surface area contributed by atoms with Gasteiger partial charge in [0, 0.05) is 19.1 Å². The fourth-order valence-corrected chi connectivity index (χ4v) is 0.358. The molecule has 0 saturated heterocycles. The summed E-state index contributed by atoms with van der Waals surface area (Å²) in [7, 11) is 0. The number of ether oxygens (including phenoxy) is 2. The second kappa shape index (κ2) is 5.76. The van der Waals surface area contributed by atoms with E-state index >= 15 is 0 Å². The first kappa shape index (κ1) is 11.2. The zero-order chi connectivity index (χ0) is 10.3. The van der Waals surface area contributed by atoms with Crippen molar-refractivity contribution in [3.63, 3.8) is 0 Å². The molecule has 0 saturated carbocycles. The normalized spacial score (nSPS) is 9.62. The Morgan fingerprint density at radius 1 is 1.23 bits per heavy atom. The molecule has 0 atom stereocenters. The van der Waals surface area contributed by atoms with Gasteiger partial charge in [0.1, 0.15) is 0 Å². The molecule has 0 spiro atoms. The molecule has 0 aromatic heterocycles. The molecular formula is C7H8O6. The van der Waals surface area contributed by atoms with Crippen LogP contribution in [0.4, 0.5) is 0 Å². The van der Waals surface area contributed by atoms with Gasteiger partial charge in [-0.2, -0.15) is 0 Å². The Balaban J connectivity index is 3.64. The number of carbonyl (C=O) groups is 3. The van der Waals surface area contributed by atoms with Crippen LogP contribution in [-0.4, -0.2) is 29.8 Å². The van der Waals surface area contributed by atoms with E-state index in [0.29, 0.717) is 12.2 Å². The SMILES string of the molecule is CC(=O)OCOC(=O)C=CC(=O)O. The molecule has 6 heteroatoms. The maximum atomic E-state index is 10.6. The third kappa shape index (κ3) is 8.05. The highest BCUT2D eigenvalue weighted by Gasteiger charge is 1.98. The van der Waals surface area contributed by atoms with Gasteiger partial charge in [0.15, 0.2) is 0 Å². The minimum atomic E-state index is -1.26. The van der Waals surface area contributed by atoms with Gasteiger partial charge >= 0.3 is 17.9 Å². The van der Waals surface area contributed by atoms with Gasteiger partial charge in [0.05, 0.1) is 0 Å². The maximum Gasteiger partial charge on any atom is 0.333 e. The van der Waals surface area contributed by atoms with Gasteiger partial charge in [0.2, 0.25) is 6.79 Å². The Labute approximate surface area is 73.7 Å².